The Balaban J connectivity index is 2.60. The first-order valence-corrected chi connectivity index (χ1v) is 6.84. The van der Waals surface area contributed by atoms with Crippen LogP contribution in [0.4, 0.5) is 5.69 Å². The maximum Gasteiger partial charge on any atom is 0.0642 e. The molecular weight excluding hydrogens is 248 g/mol. The smallest absolute Gasteiger partial charge is 0.0642 e. The molecule has 1 N–H and O–H groups in total. The van der Waals surface area contributed by atoms with Gasteiger partial charge in [0.05, 0.1) is 17.3 Å². The molecule has 0 aromatic heterocycles. The fourth-order valence-electron chi connectivity index (χ4n) is 1.71. The van der Waals surface area contributed by atoms with Gasteiger partial charge in [-0.1, -0.05) is 24.6 Å². The van der Waals surface area contributed by atoms with Crippen LogP contribution in [0.25, 0.3) is 0 Å². The average Bonchev–Trinajstić information content (AvgIpc) is 2.36. The van der Waals surface area contributed by atoms with Crippen LogP contribution in [-0.4, -0.2) is 33.4 Å². The molecule has 0 aliphatic carbocycles. The van der Waals surface area contributed by atoms with Crippen LogP contribution >= 0.6 is 11.6 Å². The van der Waals surface area contributed by atoms with E-state index < -0.39 is 0 Å². The molecule has 0 spiro atoms. The van der Waals surface area contributed by atoms with Crippen LogP contribution in [0, 0.1) is 0 Å². The Bertz CT molecular complexity index is 358. The zero-order valence-electron chi connectivity index (χ0n) is 11.5. The van der Waals surface area contributed by atoms with Crippen LogP contribution in [0.3, 0.4) is 0 Å². The number of anilines is 1. The van der Waals surface area contributed by atoms with E-state index in [1.54, 1.807) is 0 Å². The Morgan fingerprint density at radius 3 is 2.72 bits per heavy atom. The van der Waals surface area contributed by atoms with Crippen molar-refractivity contribution in [2.24, 2.45) is 0 Å². The number of hydrogen-bond donors (Lipinski definition) is 1. The normalized spacial score (nSPS) is 10.7. The molecule has 1 aromatic carbocycles. The highest BCUT2D eigenvalue weighted by molar-refractivity contribution is 6.33. The number of nitrogens with one attached hydrogen (secondary N) is 1. The first-order valence-electron chi connectivity index (χ1n) is 6.47. The van der Waals surface area contributed by atoms with Gasteiger partial charge in [0.1, 0.15) is 0 Å². The van der Waals surface area contributed by atoms with Gasteiger partial charge in [-0.05, 0) is 31.2 Å². The number of nitrogens with zero attached hydrogens (tertiary/aromatic N) is 1. The van der Waals surface area contributed by atoms with Gasteiger partial charge in [0, 0.05) is 26.7 Å². The minimum Gasteiger partial charge on any atom is -0.380 e. The topological polar surface area (TPSA) is 24.5 Å². The lowest BCUT2D eigenvalue weighted by Gasteiger charge is -2.21. The van der Waals surface area contributed by atoms with Crippen molar-refractivity contribution in [1.82, 2.24) is 5.32 Å². The van der Waals surface area contributed by atoms with Gasteiger partial charge < -0.3 is 15.0 Å². The number of ether oxygens (including phenoxy) is 1. The van der Waals surface area contributed by atoms with Gasteiger partial charge in [0.25, 0.3) is 0 Å². The molecule has 0 heterocycles. The molecule has 1 rings (SSSR count). The minimum absolute atomic E-state index is 0.725. The molecule has 0 amide bonds. The molecule has 0 unspecified atom stereocenters. The molecule has 0 radical (unpaired) electrons. The molecule has 18 heavy (non-hydrogen) atoms. The third kappa shape index (κ3) is 4.84. The van der Waals surface area contributed by atoms with Crippen LogP contribution in [0.5, 0.6) is 0 Å². The van der Waals surface area contributed by atoms with E-state index in [2.05, 4.69) is 29.3 Å². The van der Waals surface area contributed by atoms with E-state index in [-0.39, 0.29) is 0 Å². The lowest BCUT2D eigenvalue weighted by atomic mass is 10.2. The standard InChI is InChI=1S/C14H23ClN2O/c1-4-16-11-12-6-7-14(13(15)10-12)17(3)8-9-18-5-2/h6-7,10,16H,4-5,8-9,11H2,1-3H3. The molecule has 0 aliphatic heterocycles. The Morgan fingerprint density at radius 1 is 1.33 bits per heavy atom. The molecule has 0 bridgehead atoms. The van der Waals surface area contributed by atoms with Crippen molar-refractivity contribution in [2.75, 3.05) is 38.3 Å². The largest absolute Gasteiger partial charge is 0.380 e. The Labute approximate surface area is 115 Å². The minimum atomic E-state index is 0.725. The summed E-state index contributed by atoms with van der Waals surface area (Å²) in [6.45, 7) is 8.25. The van der Waals surface area contributed by atoms with Crippen LogP contribution in [0.1, 0.15) is 19.4 Å². The second-order valence-corrected chi connectivity index (χ2v) is 4.59. The molecule has 0 saturated heterocycles. The number of likely N-dealkylation sites (N-methyl/N-ethyl adjacent to an activating group) is 1. The van der Waals surface area contributed by atoms with Crippen molar-refractivity contribution in [1.29, 1.82) is 0 Å². The lowest BCUT2D eigenvalue weighted by molar-refractivity contribution is 0.154. The fourth-order valence-corrected chi connectivity index (χ4v) is 2.05. The molecule has 0 atom stereocenters. The summed E-state index contributed by atoms with van der Waals surface area (Å²) in [6.07, 6.45) is 0. The van der Waals surface area contributed by atoms with Crippen molar-refractivity contribution < 1.29 is 4.74 Å². The molecule has 3 nitrogen and oxygen atoms in total. The SMILES string of the molecule is CCNCc1ccc(N(C)CCOCC)c(Cl)c1. The summed E-state index contributed by atoms with van der Waals surface area (Å²) in [5, 5.41) is 4.09. The maximum absolute atomic E-state index is 6.31. The number of benzene rings is 1. The molecule has 0 saturated carbocycles. The first kappa shape index (κ1) is 15.3. The van der Waals surface area contributed by atoms with Crippen molar-refractivity contribution in [3.63, 3.8) is 0 Å². The first-order chi connectivity index (χ1) is 8.69. The zero-order chi connectivity index (χ0) is 13.4. The highest BCUT2D eigenvalue weighted by Crippen LogP contribution is 2.25. The summed E-state index contributed by atoms with van der Waals surface area (Å²) in [6, 6.07) is 6.21. The van der Waals surface area contributed by atoms with Crippen LogP contribution in [0.2, 0.25) is 5.02 Å². The quantitative estimate of drug-likeness (QED) is 0.735. The Kier molecular flexibility index (Phi) is 7.09. The van der Waals surface area contributed by atoms with Crippen molar-refractivity contribution >= 4 is 17.3 Å². The van der Waals surface area contributed by atoms with Gasteiger partial charge >= 0.3 is 0 Å². The van der Waals surface area contributed by atoms with E-state index in [0.717, 1.165) is 43.6 Å². The maximum atomic E-state index is 6.31. The van der Waals surface area contributed by atoms with E-state index in [9.17, 15) is 0 Å². The predicted octanol–water partition coefficient (Wildman–Crippen LogP) is 2.92. The second kappa shape index (κ2) is 8.35. The highest BCUT2D eigenvalue weighted by atomic mass is 35.5. The number of rotatable bonds is 8. The second-order valence-electron chi connectivity index (χ2n) is 4.18. The van der Waals surface area contributed by atoms with Crippen molar-refractivity contribution in [3.8, 4) is 0 Å². The summed E-state index contributed by atoms with van der Waals surface area (Å²) in [7, 11) is 2.03. The highest BCUT2D eigenvalue weighted by Gasteiger charge is 2.06. The number of halogens is 1. The van der Waals surface area contributed by atoms with Gasteiger partial charge in [0.2, 0.25) is 0 Å². The van der Waals surface area contributed by atoms with Gasteiger partial charge in [-0.15, -0.1) is 0 Å². The summed E-state index contributed by atoms with van der Waals surface area (Å²) < 4.78 is 5.35. The molecule has 1 aromatic rings. The van der Waals surface area contributed by atoms with Crippen molar-refractivity contribution in [2.45, 2.75) is 20.4 Å². The Morgan fingerprint density at radius 2 is 2.11 bits per heavy atom. The van der Waals surface area contributed by atoms with Crippen LogP contribution in [0.15, 0.2) is 18.2 Å². The monoisotopic (exact) mass is 270 g/mol. The average molecular weight is 271 g/mol. The van der Waals surface area contributed by atoms with Gasteiger partial charge in [-0.25, -0.2) is 0 Å². The lowest BCUT2D eigenvalue weighted by Crippen LogP contribution is -2.23. The van der Waals surface area contributed by atoms with Crippen LogP contribution < -0.4 is 10.2 Å². The third-order valence-electron chi connectivity index (χ3n) is 2.78. The summed E-state index contributed by atoms with van der Waals surface area (Å²) in [5.74, 6) is 0. The van der Waals surface area contributed by atoms with E-state index >= 15 is 0 Å². The van der Waals surface area contributed by atoms with Crippen molar-refractivity contribution in [3.05, 3.63) is 28.8 Å². The van der Waals surface area contributed by atoms with Gasteiger partial charge in [-0.2, -0.15) is 0 Å². The predicted molar refractivity (Wildman–Crippen MR) is 78.6 cm³/mol. The van der Waals surface area contributed by atoms with E-state index in [4.69, 9.17) is 16.3 Å². The van der Waals surface area contributed by atoms with E-state index in [0.29, 0.717) is 0 Å². The fraction of sp³-hybridized carbons (Fsp3) is 0.571. The number of hydrogen-bond acceptors (Lipinski definition) is 3. The van der Waals surface area contributed by atoms with Gasteiger partial charge in [-0.3, -0.25) is 0 Å². The molecule has 0 aliphatic rings. The molecule has 0 fully saturated rings. The summed E-state index contributed by atoms with van der Waals surface area (Å²) in [4.78, 5) is 2.12. The molecule has 102 valence electrons. The Hall–Kier alpha value is -0.770. The van der Waals surface area contributed by atoms with E-state index in [1.807, 2.05) is 20.0 Å². The summed E-state index contributed by atoms with van der Waals surface area (Å²) in [5.41, 5.74) is 2.26. The summed E-state index contributed by atoms with van der Waals surface area (Å²) >= 11 is 6.31. The zero-order valence-corrected chi connectivity index (χ0v) is 12.3. The molecule has 4 heteroatoms. The van der Waals surface area contributed by atoms with Gasteiger partial charge in [0.15, 0.2) is 0 Å². The van der Waals surface area contributed by atoms with E-state index in [1.165, 1.54) is 5.56 Å². The third-order valence-corrected chi connectivity index (χ3v) is 3.08. The van der Waals surface area contributed by atoms with Crippen LogP contribution in [-0.2, 0) is 11.3 Å². The molecular formula is C14H23ClN2O.